The lowest BCUT2D eigenvalue weighted by atomic mass is 10.3. The molecule has 106 valence electrons. The molecule has 1 aromatic heterocycles. The molecule has 1 heterocycles. The molecule has 0 aliphatic rings. The molecule has 0 bridgehead atoms. The van der Waals surface area contributed by atoms with E-state index in [1.807, 2.05) is 0 Å². The van der Waals surface area contributed by atoms with Gasteiger partial charge in [0.1, 0.15) is 10.6 Å². The molecule has 2 rings (SSSR count). The Bertz CT molecular complexity index is 735. The number of sulfonamides is 1. The van der Waals surface area contributed by atoms with Gasteiger partial charge in [0.15, 0.2) is 0 Å². The Kier molecular flexibility index (Phi) is 4.66. The number of rotatable bonds is 4. The average molecular weight is 422 g/mol. The van der Waals surface area contributed by atoms with Crippen molar-refractivity contribution in [1.29, 1.82) is 0 Å². The molecule has 1 aromatic carbocycles. The molecule has 0 saturated carbocycles. The first kappa shape index (κ1) is 15.3. The first-order valence-corrected chi connectivity index (χ1v) is 8.47. The highest BCUT2D eigenvalue weighted by atomic mass is 79.9. The number of nitrogens with zero attached hydrogens (tertiary/aromatic N) is 1. The number of aromatic nitrogens is 1. The molecule has 1 N–H and O–H groups in total. The van der Waals surface area contributed by atoms with Crippen LogP contribution in [0.5, 0.6) is 5.75 Å². The lowest BCUT2D eigenvalue weighted by molar-refractivity contribution is 0.403. The fourth-order valence-electron chi connectivity index (χ4n) is 1.52. The average Bonchev–Trinajstić information content (AvgIpc) is 2.41. The van der Waals surface area contributed by atoms with Crippen LogP contribution in [-0.2, 0) is 10.0 Å². The molecule has 0 radical (unpaired) electrons. The van der Waals surface area contributed by atoms with Gasteiger partial charge in [-0.25, -0.2) is 8.42 Å². The molecular formula is C12H10Br2N2O3S. The maximum Gasteiger partial charge on any atom is 0.265 e. The third-order valence-corrected chi connectivity index (χ3v) is 4.94. The summed E-state index contributed by atoms with van der Waals surface area (Å²) in [5.41, 5.74) is 0.405. The number of anilines is 1. The smallest absolute Gasteiger partial charge is 0.265 e. The van der Waals surface area contributed by atoms with Crippen molar-refractivity contribution < 1.29 is 13.2 Å². The molecule has 2 aromatic rings. The second kappa shape index (κ2) is 6.11. The first-order chi connectivity index (χ1) is 9.44. The number of nitrogens with one attached hydrogen (secondary N) is 1. The van der Waals surface area contributed by atoms with Gasteiger partial charge in [0, 0.05) is 16.9 Å². The monoisotopic (exact) mass is 420 g/mol. The van der Waals surface area contributed by atoms with Gasteiger partial charge in [0.25, 0.3) is 10.0 Å². The molecule has 8 heteroatoms. The zero-order chi connectivity index (χ0) is 14.8. The van der Waals surface area contributed by atoms with Crippen LogP contribution in [0.3, 0.4) is 0 Å². The van der Waals surface area contributed by atoms with Gasteiger partial charge in [0.2, 0.25) is 0 Å². The summed E-state index contributed by atoms with van der Waals surface area (Å²) < 4.78 is 33.6. The van der Waals surface area contributed by atoms with Crippen molar-refractivity contribution in [2.24, 2.45) is 0 Å². The Hall–Kier alpha value is -1.12. The number of methoxy groups -OCH3 is 1. The standard InChI is InChI=1S/C12H10Br2N2O3S/c1-19-11-3-2-8(13)6-12(11)20(17,18)16-10-4-5-15-7-9(10)14/h2-7H,1H3,(H,15,16). The summed E-state index contributed by atoms with van der Waals surface area (Å²) in [5.74, 6) is 0.269. The number of halogens is 2. The molecule has 0 spiro atoms. The second-order valence-electron chi connectivity index (χ2n) is 3.76. The van der Waals surface area contributed by atoms with Crippen molar-refractivity contribution in [2.75, 3.05) is 11.8 Å². The highest BCUT2D eigenvalue weighted by Crippen LogP contribution is 2.30. The third kappa shape index (κ3) is 3.31. The predicted molar refractivity (Wildman–Crippen MR) is 83.4 cm³/mol. The van der Waals surface area contributed by atoms with E-state index < -0.39 is 10.0 Å². The molecule has 0 unspecified atom stereocenters. The van der Waals surface area contributed by atoms with Gasteiger partial charge in [-0.05, 0) is 40.2 Å². The lowest BCUT2D eigenvalue weighted by Gasteiger charge is -2.12. The summed E-state index contributed by atoms with van der Waals surface area (Å²) in [7, 11) is -2.34. The third-order valence-electron chi connectivity index (χ3n) is 2.43. The quantitative estimate of drug-likeness (QED) is 0.821. The predicted octanol–water partition coefficient (Wildman–Crippen LogP) is 3.42. The molecule has 0 saturated heterocycles. The van der Waals surface area contributed by atoms with Crippen LogP contribution < -0.4 is 9.46 Å². The van der Waals surface area contributed by atoms with Gasteiger partial charge >= 0.3 is 0 Å². The summed E-state index contributed by atoms with van der Waals surface area (Å²) in [6.45, 7) is 0. The van der Waals surface area contributed by atoms with Crippen LogP contribution in [0.4, 0.5) is 5.69 Å². The van der Waals surface area contributed by atoms with Crippen LogP contribution >= 0.6 is 31.9 Å². The summed E-state index contributed by atoms with van der Waals surface area (Å²) >= 11 is 6.49. The normalized spacial score (nSPS) is 11.2. The van der Waals surface area contributed by atoms with E-state index in [0.29, 0.717) is 14.6 Å². The van der Waals surface area contributed by atoms with E-state index in [9.17, 15) is 8.42 Å². The van der Waals surface area contributed by atoms with E-state index in [-0.39, 0.29) is 10.6 Å². The molecule has 0 aliphatic carbocycles. The summed E-state index contributed by atoms with van der Waals surface area (Å²) in [5, 5.41) is 0. The Morgan fingerprint density at radius 1 is 1.25 bits per heavy atom. The maximum atomic E-state index is 12.4. The van der Waals surface area contributed by atoms with Gasteiger partial charge < -0.3 is 4.74 Å². The van der Waals surface area contributed by atoms with E-state index in [1.54, 1.807) is 18.2 Å². The zero-order valence-electron chi connectivity index (χ0n) is 10.3. The minimum absolute atomic E-state index is 0.0538. The fourth-order valence-corrected chi connectivity index (χ4v) is 3.79. The van der Waals surface area contributed by atoms with Crippen molar-refractivity contribution in [2.45, 2.75) is 4.90 Å². The topological polar surface area (TPSA) is 68.3 Å². The van der Waals surface area contributed by atoms with Gasteiger partial charge in [-0.3, -0.25) is 9.71 Å². The Labute approximate surface area is 133 Å². The van der Waals surface area contributed by atoms with Crippen molar-refractivity contribution in [3.63, 3.8) is 0 Å². The highest BCUT2D eigenvalue weighted by Gasteiger charge is 2.20. The van der Waals surface area contributed by atoms with Crippen molar-refractivity contribution in [1.82, 2.24) is 4.98 Å². The summed E-state index contributed by atoms with van der Waals surface area (Å²) in [4.78, 5) is 3.94. The lowest BCUT2D eigenvalue weighted by Crippen LogP contribution is -2.14. The van der Waals surface area contributed by atoms with E-state index in [0.717, 1.165) is 0 Å². The van der Waals surface area contributed by atoms with Crippen LogP contribution in [0.1, 0.15) is 0 Å². The van der Waals surface area contributed by atoms with Crippen LogP contribution in [0.15, 0.2) is 50.5 Å². The molecule has 0 fully saturated rings. The van der Waals surface area contributed by atoms with Crippen molar-refractivity contribution in [3.8, 4) is 5.75 Å². The van der Waals surface area contributed by atoms with E-state index in [4.69, 9.17) is 4.74 Å². The van der Waals surface area contributed by atoms with Crippen LogP contribution in [-0.4, -0.2) is 20.5 Å². The molecule has 0 amide bonds. The van der Waals surface area contributed by atoms with E-state index >= 15 is 0 Å². The molecular weight excluding hydrogens is 412 g/mol. The largest absolute Gasteiger partial charge is 0.495 e. The second-order valence-corrected chi connectivity index (χ2v) is 7.18. The number of hydrogen-bond donors (Lipinski definition) is 1. The minimum atomic E-state index is -3.76. The number of benzene rings is 1. The van der Waals surface area contributed by atoms with Gasteiger partial charge in [0.05, 0.1) is 17.3 Å². The van der Waals surface area contributed by atoms with Gasteiger partial charge in [-0.2, -0.15) is 0 Å². The van der Waals surface area contributed by atoms with Crippen LogP contribution in [0.25, 0.3) is 0 Å². The Morgan fingerprint density at radius 3 is 2.65 bits per heavy atom. The molecule has 0 aliphatic heterocycles. The SMILES string of the molecule is COc1ccc(Br)cc1S(=O)(=O)Nc1ccncc1Br. The highest BCUT2D eigenvalue weighted by molar-refractivity contribution is 9.10. The minimum Gasteiger partial charge on any atom is -0.495 e. The fraction of sp³-hybridized carbons (Fsp3) is 0.0833. The zero-order valence-corrected chi connectivity index (χ0v) is 14.3. The number of hydrogen-bond acceptors (Lipinski definition) is 4. The summed E-state index contributed by atoms with van der Waals surface area (Å²) in [6, 6.07) is 6.34. The maximum absolute atomic E-state index is 12.4. The van der Waals surface area contributed by atoms with E-state index in [2.05, 4.69) is 41.6 Å². The van der Waals surface area contributed by atoms with Crippen LogP contribution in [0.2, 0.25) is 0 Å². The Morgan fingerprint density at radius 2 is 2.00 bits per heavy atom. The summed E-state index contributed by atoms with van der Waals surface area (Å²) in [6.07, 6.45) is 3.01. The molecule has 5 nitrogen and oxygen atoms in total. The molecule has 20 heavy (non-hydrogen) atoms. The van der Waals surface area contributed by atoms with Crippen molar-refractivity contribution in [3.05, 3.63) is 45.6 Å². The van der Waals surface area contributed by atoms with Crippen molar-refractivity contribution >= 4 is 47.6 Å². The molecule has 0 atom stereocenters. The van der Waals surface area contributed by atoms with Gasteiger partial charge in [-0.1, -0.05) is 15.9 Å². The number of pyridine rings is 1. The van der Waals surface area contributed by atoms with E-state index in [1.165, 1.54) is 25.6 Å². The number of ether oxygens (including phenoxy) is 1. The van der Waals surface area contributed by atoms with Crippen LogP contribution in [0, 0.1) is 0 Å². The first-order valence-electron chi connectivity index (χ1n) is 5.40. The Balaban J connectivity index is 2.46. The van der Waals surface area contributed by atoms with Gasteiger partial charge in [-0.15, -0.1) is 0 Å².